The molecule has 1 N–H and O–H groups in total. The molecule has 14 heavy (non-hydrogen) atoms. The molecule has 80 valence electrons. The topological polar surface area (TPSA) is 12.0 Å². The quantitative estimate of drug-likeness (QED) is 0.645. The third-order valence-electron chi connectivity index (χ3n) is 2.34. The van der Waals surface area contributed by atoms with Crippen LogP contribution in [-0.2, 0) is 6.54 Å². The lowest BCUT2D eigenvalue weighted by Crippen LogP contribution is -2.13. The third-order valence-corrected chi connectivity index (χ3v) is 3.21. The van der Waals surface area contributed by atoms with Crippen molar-refractivity contribution in [1.82, 2.24) is 5.32 Å². The molecule has 0 bridgehead atoms. The van der Waals surface area contributed by atoms with Crippen LogP contribution in [0.4, 0.5) is 0 Å². The highest BCUT2D eigenvalue weighted by atomic mass is 32.1. The minimum Gasteiger partial charge on any atom is -0.312 e. The highest BCUT2D eigenvalue weighted by molar-refractivity contribution is 7.09. The van der Waals surface area contributed by atoms with Crippen molar-refractivity contribution in [3.05, 3.63) is 22.4 Å². The van der Waals surface area contributed by atoms with Gasteiger partial charge in [0.15, 0.2) is 0 Å². The second-order valence-electron chi connectivity index (χ2n) is 3.67. The molecule has 0 atom stereocenters. The van der Waals surface area contributed by atoms with Crippen LogP contribution < -0.4 is 5.32 Å². The maximum absolute atomic E-state index is 3.48. The molecule has 0 aliphatic carbocycles. The van der Waals surface area contributed by atoms with Gasteiger partial charge in [0.1, 0.15) is 0 Å². The van der Waals surface area contributed by atoms with Crippen molar-refractivity contribution < 1.29 is 0 Å². The van der Waals surface area contributed by atoms with Crippen molar-refractivity contribution in [2.45, 2.75) is 45.6 Å². The van der Waals surface area contributed by atoms with Gasteiger partial charge in [-0.1, -0.05) is 38.7 Å². The van der Waals surface area contributed by atoms with Gasteiger partial charge in [0.25, 0.3) is 0 Å². The summed E-state index contributed by atoms with van der Waals surface area (Å²) in [6.45, 7) is 4.47. The third kappa shape index (κ3) is 5.40. The van der Waals surface area contributed by atoms with E-state index in [0.29, 0.717) is 0 Å². The van der Waals surface area contributed by atoms with Crippen molar-refractivity contribution in [2.75, 3.05) is 6.54 Å². The summed E-state index contributed by atoms with van der Waals surface area (Å²) >= 11 is 1.83. The average molecular weight is 211 g/mol. The van der Waals surface area contributed by atoms with E-state index in [1.807, 2.05) is 11.3 Å². The zero-order chi connectivity index (χ0) is 10.1. The number of rotatable bonds is 8. The van der Waals surface area contributed by atoms with Crippen molar-refractivity contribution in [3.8, 4) is 0 Å². The molecule has 0 aromatic carbocycles. The lowest BCUT2D eigenvalue weighted by Gasteiger charge is -2.02. The van der Waals surface area contributed by atoms with Gasteiger partial charge in [0.05, 0.1) is 0 Å². The van der Waals surface area contributed by atoms with Gasteiger partial charge in [0, 0.05) is 11.4 Å². The van der Waals surface area contributed by atoms with Crippen LogP contribution in [-0.4, -0.2) is 6.54 Å². The highest BCUT2D eigenvalue weighted by Crippen LogP contribution is 2.07. The lowest BCUT2D eigenvalue weighted by molar-refractivity contribution is 0.585. The van der Waals surface area contributed by atoms with Crippen molar-refractivity contribution in [1.29, 1.82) is 0 Å². The van der Waals surface area contributed by atoms with Gasteiger partial charge in [-0.15, -0.1) is 11.3 Å². The molecule has 0 radical (unpaired) electrons. The van der Waals surface area contributed by atoms with Gasteiger partial charge in [-0.05, 0) is 24.4 Å². The van der Waals surface area contributed by atoms with Crippen LogP contribution in [0.2, 0.25) is 0 Å². The minimum absolute atomic E-state index is 1.05. The Bertz CT molecular complexity index is 206. The Morgan fingerprint density at radius 2 is 2.07 bits per heavy atom. The van der Waals surface area contributed by atoms with E-state index in [4.69, 9.17) is 0 Å². The fourth-order valence-electron chi connectivity index (χ4n) is 1.48. The first-order chi connectivity index (χ1) is 6.93. The Labute approximate surface area is 91.5 Å². The standard InChI is InChI=1S/C12H21NS/c1-2-3-4-5-6-9-13-11-12-8-7-10-14-12/h7-8,10,13H,2-6,9,11H2,1H3. The molecule has 0 unspecified atom stereocenters. The number of thiophene rings is 1. The molecule has 0 fully saturated rings. The molecular weight excluding hydrogens is 190 g/mol. The predicted molar refractivity (Wildman–Crippen MR) is 64.8 cm³/mol. The number of hydrogen-bond acceptors (Lipinski definition) is 2. The first-order valence-electron chi connectivity index (χ1n) is 5.66. The zero-order valence-electron chi connectivity index (χ0n) is 9.09. The van der Waals surface area contributed by atoms with Crippen LogP contribution in [0.1, 0.15) is 43.9 Å². The number of hydrogen-bond donors (Lipinski definition) is 1. The fraction of sp³-hybridized carbons (Fsp3) is 0.667. The summed E-state index contributed by atoms with van der Waals surface area (Å²) < 4.78 is 0. The van der Waals surface area contributed by atoms with E-state index in [-0.39, 0.29) is 0 Å². The van der Waals surface area contributed by atoms with E-state index >= 15 is 0 Å². The van der Waals surface area contributed by atoms with E-state index in [0.717, 1.165) is 6.54 Å². The first kappa shape index (κ1) is 11.7. The van der Waals surface area contributed by atoms with E-state index in [1.54, 1.807) is 0 Å². The molecule has 1 aromatic rings. The van der Waals surface area contributed by atoms with Gasteiger partial charge >= 0.3 is 0 Å². The van der Waals surface area contributed by atoms with E-state index < -0.39 is 0 Å². The van der Waals surface area contributed by atoms with Crippen molar-refractivity contribution in [2.24, 2.45) is 0 Å². The molecule has 0 aliphatic rings. The van der Waals surface area contributed by atoms with Crippen LogP contribution in [0.5, 0.6) is 0 Å². The summed E-state index contributed by atoms with van der Waals surface area (Å²) in [6.07, 6.45) is 6.83. The molecule has 2 heteroatoms. The highest BCUT2D eigenvalue weighted by Gasteiger charge is 1.92. The summed E-state index contributed by atoms with van der Waals surface area (Å²) in [5, 5.41) is 5.61. The van der Waals surface area contributed by atoms with Gasteiger partial charge in [-0.2, -0.15) is 0 Å². The average Bonchev–Trinajstić information content (AvgIpc) is 2.69. The summed E-state index contributed by atoms with van der Waals surface area (Å²) in [5.74, 6) is 0. The van der Waals surface area contributed by atoms with Crippen LogP contribution in [0, 0.1) is 0 Å². The maximum atomic E-state index is 3.48. The summed E-state index contributed by atoms with van der Waals surface area (Å²) in [4.78, 5) is 1.44. The molecule has 1 aromatic heterocycles. The molecule has 0 spiro atoms. The molecule has 1 rings (SSSR count). The minimum atomic E-state index is 1.05. The van der Waals surface area contributed by atoms with Crippen LogP contribution in [0.15, 0.2) is 17.5 Å². The van der Waals surface area contributed by atoms with Gasteiger partial charge in [-0.3, -0.25) is 0 Å². The maximum Gasteiger partial charge on any atom is 0.0299 e. The monoisotopic (exact) mass is 211 g/mol. The fourth-order valence-corrected chi connectivity index (χ4v) is 2.15. The normalized spacial score (nSPS) is 10.6. The Balaban J connectivity index is 1.85. The lowest BCUT2D eigenvalue weighted by atomic mass is 10.1. The summed E-state index contributed by atoms with van der Waals surface area (Å²) in [7, 11) is 0. The Kier molecular flexibility index (Phi) is 6.71. The first-order valence-corrected chi connectivity index (χ1v) is 6.54. The van der Waals surface area contributed by atoms with Gasteiger partial charge in [-0.25, -0.2) is 0 Å². The summed E-state index contributed by atoms with van der Waals surface area (Å²) in [5.41, 5.74) is 0. The molecular formula is C12H21NS. The van der Waals surface area contributed by atoms with E-state index in [1.165, 1.54) is 43.5 Å². The molecule has 0 saturated heterocycles. The smallest absolute Gasteiger partial charge is 0.0299 e. The second kappa shape index (κ2) is 8.01. The van der Waals surface area contributed by atoms with Crippen LogP contribution >= 0.6 is 11.3 Å². The molecule has 1 nitrogen and oxygen atoms in total. The van der Waals surface area contributed by atoms with Crippen molar-refractivity contribution >= 4 is 11.3 Å². The molecule has 0 aliphatic heterocycles. The SMILES string of the molecule is CCCCCCCNCc1cccs1. The second-order valence-corrected chi connectivity index (χ2v) is 4.70. The Morgan fingerprint density at radius 1 is 1.21 bits per heavy atom. The van der Waals surface area contributed by atoms with E-state index in [2.05, 4.69) is 29.8 Å². The van der Waals surface area contributed by atoms with E-state index in [9.17, 15) is 0 Å². The molecule has 0 saturated carbocycles. The van der Waals surface area contributed by atoms with Crippen LogP contribution in [0.3, 0.4) is 0 Å². The molecule has 1 heterocycles. The predicted octanol–water partition coefficient (Wildman–Crippen LogP) is 3.81. The number of unbranched alkanes of at least 4 members (excludes halogenated alkanes) is 4. The van der Waals surface area contributed by atoms with Gasteiger partial charge < -0.3 is 5.32 Å². The Morgan fingerprint density at radius 3 is 2.79 bits per heavy atom. The Hall–Kier alpha value is -0.340. The number of nitrogens with one attached hydrogen (secondary N) is 1. The molecule has 0 amide bonds. The van der Waals surface area contributed by atoms with Gasteiger partial charge in [0.2, 0.25) is 0 Å². The largest absolute Gasteiger partial charge is 0.312 e. The van der Waals surface area contributed by atoms with Crippen molar-refractivity contribution in [3.63, 3.8) is 0 Å². The summed E-state index contributed by atoms with van der Waals surface area (Å²) in [6, 6.07) is 4.30. The zero-order valence-corrected chi connectivity index (χ0v) is 9.91. The van der Waals surface area contributed by atoms with Crippen LogP contribution in [0.25, 0.3) is 0 Å².